The maximum atomic E-state index is 12.4. The molecule has 0 aliphatic carbocycles. The highest BCUT2D eigenvalue weighted by atomic mass is 32.2. The van der Waals surface area contributed by atoms with Crippen molar-refractivity contribution in [2.45, 2.75) is 18.6 Å². The lowest BCUT2D eigenvalue weighted by Crippen LogP contribution is -2.40. The number of ether oxygens (including phenoxy) is 1. The Kier molecular flexibility index (Phi) is 4.56. The van der Waals surface area contributed by atoms with Gasteiger partial charge in [-0.2, -0.15) is 8.78 Å². The summed E-state index contributed by atoms with van der Waals surface area (Å²) in [6.07, 6.45) is 0.489. The smallest absolute Gasteiger partial charge is 0.393 e. The van der Waals surface area contributed by atoms with E-state index in [9.17, 15) is 26.5 Å². The molecule has 0 fully saturated rings. The van der Waals surface area contributed by atoms with E-state index in [1.165, 1.54) is 0 Å². The SMILES string of the molecule is CCCOCC(=O)C(F)(F)S(=O)(=O)[O-]. The highest BCUT2D eigenvalue weighted by Gasteiger charge is 2.45. The number of rotatable bonds is 6. The van der Waals surface area contributed by atoms with E-state index in [0.29, 0.717) is 6.42 Å². The van der Waals surface area contributed by atoms with Crippen LogP contribution >= 0.6 is 0 Å². The molecule has 0 aromatic carbocycles. The molecule has 0 aromatic rings. The van der Waals surface area contributed by atoms with E-state index >= 15 is 0 Å². The predicted octanol–water partition coefficient (Wildman–Crippen LogP) is 0.120. The first kappa shape index (κ1) is 13.4. The van der Waals surface area contributed by atoms with Crippen molar-refractivity contribution in [2.24, 2.45) is 0 Å². The fourth-order valence-electron chi connectivity index (χ4n) is 0.533. The molecular weight excluding hydrogens is 222 g/mol. The van der Waals surface area contributed by atoms with Crippen molar-refractivity contribution in [3.63, 3.8) is 0 Å². The molecule has 0 bridgehead atoms. The third-order valence-electron chi connectivity index (χ3n) is 1.22. The fraction of sp³-hybridized carbons (Fsp3) is 0.833. The molecule has 84 valence electrons. The third-order valence-corrected chi connectivity index (χ3v) is 2.08. The average molecular weight is 231 g/mol. The van der Waals surface area contributed by atoms with Crippen molar-refractivity contribution in [3.8, 4) is 0 Å². The van der Waals surface area contributed by atoms with Gasteiger partial charge in [-0.3, -0.25) is 4.79 Å². The zero-order chi connectivity index (χ0) is 11.4. The maximum Gasteiger partial charge on any atom is 0.393 e. The number of carbonyl (C=O) groups excluding carboxylic acids is 1. The van der Waals surface area contributed by atoms with Crippen LogP contribution in [0.1, 0.15) is 13.3 Å². The molecule has 0 unspecified atom stereocenters. The highest BCUT2D eigenvalue weighted by molar-refractivity contribution is 7.87. The molecule has 5 nitrogen and oxygen atoms in total. The molecule has 0 saturated heterocycles. The second-order valence-electron chi connectivity index (χ2n) is 2.45. The van der Waals surface area contributed by atoms with Gasteiger partial charge in [0.05, 0.1) is 0 Å². The number of carbonyl (C=O) groups is 1. The van der Waals surface area contributed by atoms with Crippen molar-refractivity contribution in [1.82, 2.24) is 0 Å². The molecule has 0 aliphatic rings. The Hall–Kier alpha value is -0.600. The third kappa shape index (κ3) is 3.28. The van der Waals surface area contributed by atoms with Crippen molar-refractivity contribution >= 4 is 15.9 Å². The Morgan fingerprint density at radius 2 is 2.00 bits per heavy atom. The van der Waals surface area contributed by atoms with Gasteiger partial charge in [-0.1, -0.05) is 6.92 Å². The van der Waals surface area contributed by atoms with Gasteiger partial charge in [-0.15, -0.1) is 0 Å². The minimum atomic E-state index is -5.95. The van der Waals surface area contributed by atoms with Crippen LogP contribution in [0.5, 0.6) is 0 Å². The number of halogens is 2. The van der Waals surface area contributed by atoms with E-state index in [1.807, 2.05) is 0 Å². The van der Waals surface area contributed by atoms with Crippen LogP contribution < -0.4 is 0 Å². The predicted molar refractivity (Wildman–Crippen MR) is 40.8 cm³/mol. The molecule has 0 N–H and O–H groups in total. The van der Waals surface area contributed by atoms with Crippen molar-refractivity contribution in [3.05, 3.63) is 0 Å². The average Bonchev–Trinajstić information content (AvgIpc) is 2.02. The van der Waals surface area contributed by atoms with Gasteiger partial charge in [-0.25, -0.2) is 8.42 Å². The summed E-state index contributed by atoms with van der Waals surface area (Å²) in [7, 11) is -5.95. The Labute approximate surface area is 79.8 Å². The first-order valence-corrected chi connectivity index (χ1v) is 5.08. The molecule has 0 radical (unpaired) electrons. The summed E-state index contributed by atoms with van der Waals surface area (Å²) in [6.45, 7) is 0.635. The molecule has 0 aliphatic heterocycles. The van der Waals surface area contributed by atoms with Gasteiger partial charge in [0.15, 0.2) is 10.1 Å². The lowest BCUT2D eigenvalue weighted by Gasteiger charge is -2.17. The standard InChI is InChI=1S/C6H10F2O5S/c1-2-3-13-4-5(9)6(7,8)14(10,11)12/h2-4H2,1H3,(H,10,11,12)/p-1. The normalized spacial score (nSPS) is 12.9. The number of ketones is 1. The minimum Gasteiger partial charge on any atom is -0.743 e. The molecule has 14 heavy (non-hydrogen) atoms. The first-order valence-electron chi connectivity index (χ1n) is 3.67. The van der Waals surface area contributed by atoms with E-state index in [4.69, 9.17) is 0 Å². The largest absolute Gasteiger partial charge is 0.743 e. The number of alkyl halides is 2. The van der Waals surface area contributed by atoms with Gasteiger partial charge in [0.2, 0.25) is 5.78 Å². The molecule has 0 amide bonds. The summed E-state index contributed by atoms with van der Waals surface area (Å²) in [5.74, 6) is -2.04. The zero-order valence-corrected chi connectivity index (χ0v) is 8.14. The Morgan fingerprint density at radius 1 is 1.50 bits per heavy atom. The Balaban J connectivity index is 4.39. The van der Waals surface area contributed by atoms with Crippen LogP contribution in [0.25, 0.3) is 0 Å². The van der Waals surface area contributed by atoms with E-state index in [1.54, 1.807) is 6.92 Å². The van der Waals surface area contributed by atoms with Crippen LogP contribution in [0.15, 0.2) is 0 Å². The molecule has 0 spiro atoms. The van der Waals surface area contributed by atoms with Gasteiger partial charge in [0.25, 0.3) is 0 Å². The van der Waals surface area contributed by atoms with E-state index in [-0.39, 0.29) is 6.61 Å². The lowest BCUT2D eigenvalue weighted by atomic mass is 10.4. The molecule has 0 saturated carbocycles. The van der Waals surface area contributed by atoms with Crippen LogP contribution in [0.2, 0.25) is 0 Å². The summed E-state index contributed by atoms with van der Waals surface area (Å²) in [5.41, 5.74) is 0. The molecule has 0 heterocycles. The summed E-state index contributed by atoms with van der Waals surface area (Å²) in [4.78, 5) is 10.5. The van der Waals surface area contributed by atoms with Crippen LogP contribution in [0, 0.1) is 0 Å². The molecule has 8 heteroatoms. The topological polar surface area (TPSA) is 83.5 Å². The Bertz CT molecular complexity index is 297. The lowest BCUT2D eigenvalue weighted by molar-refractivity contribution is -0.138. The number of Topliss-reactive ketones (excluding diaryl/α,β-unsaturated/α-hetero) is 1. The molecule has 0 rings (SSSR count). The van der Waals surface area contributed by atoms with Gasteiger partial charge in [0.1, 0.15) is 6.61 Å². The quantitative estimate of drug-likeness (QED) is 0.479. The van der Waals surface area contributed by atoms with Crippen LogP contribution in [-0.4, -0.2) is 37.2 Å². The van der Waals surface area contributed by atoms with Gasteiger partial charge in [-0.05, 0) is 6.42 Å². The summed E-state index contributed by atoms with van der Waals surface area (Å²) in [5, 5.41) is -4.90. The first-order chi connectivity index (χ1) is 6.23. The van der Waals surface area contributed by atoms with Crippen molar-refractivity contribution in [1.29, 1.82) is 0 Å². The van der Waals surface area contributed by atoms with E-state index in [2.05, 4.69) is 4.74 Å². The number of hydrogen-bond donors (Lipinski definition) is 0. The van der Waals surface area contributed by atoms with Crippen LogP contribution in [0.3, 0.4) is 0 Å². The molecular formula is C6H9F2O5S-. The monoisotopic (exact) mass is 231 g/mol. The molecule has 0 atom stereocenters. The van der Waals surface area contributed by atoms with Crippen molar-refractivity contribution < 1.29 is 31.3 Å². The summed E-state index contributed by atoms with van der Waals surface area (Å²) in [6, 6.07) is 0. The Morgan fingerprint density at radius 3 is 2.36 bits per heavy atom. The van der Waals surface area contributed by atoms with Crippen molar-refractivity contribution in [2.75, 3.05) is 13.2 Å². The maximum absolute atomic E-state index is 12.4. The van der Waals surface area contributed by atoms with Gasteiger partial charge < -0.3 is 9.29 Å². The highest BCUT2D eigenvalue weighted by Crippen LogP contribution is 2.21. The minimum absolute atomic E-state index is 0.0424. The zero-order valence-electron chi connectivity index (χ0n) is 7.33. The summed E-state index contributed by atoms with van der Waals surface area (Å²) < 4.78 is 59.1. The molecule has 0 aromatic heterocycles. The van der Waals surface area contributed by atoms with Gasteiger partial charge >= 0.3 is 5.25 Å². The van der Waals surface area contributed by atoms with Crippen LogP contribution in [0.4, 0.5) is 8.78 Å². The second-order valence-corrected chi connectivity index (χ2v) is 3.87. The van der Waals surface area contributed by atoms with E-state index in [0.717, 1.165) is 0 Å². The van der Waals surface area contributed by atoms with Gasteiger partial charge in [0, 0.05) is 6.61 Å². The summed E-state index contributed by atoms with van der Waals surface area (Å²) >= 11 is 0. The fourth-order valence-corrected chi connectivity index (χ4v) is 0.870. The second kappa shape index (κ2) is 4.76. The number of hydrogen-bond acceptors (Lipinski definition) is 5. The van der Waals surface area contributed by atoms with Crippen LogP contribution in [-0.2, 0) is 19.6 Å². The van der Waals surface area contributed by atoms with E-state index < -0.39 is 27.8 Å².